The van der Waals surface area contributed by atoms with Gasteiger partial charge in [0.15, 0.2) is 0 Å². The zero-order valence-electron chi connectivity index (χ0n) is 20.7. The fraction of sp³-hybridized carbons (Fsp3) is 0.320. The number of fused-ring (bicyclic) bond motifs is 1. The number of hydrogen-bond donors (Lipinski definition) is 4. The van der Waals surface area contributed by atoms with Gasteiger partial charge in [0.1, 0.15) is 35.9 Å². The lowest BCUT2D eigenvalue weighted by atomic mass is 9.95. The number of carboxylic acids is 1. The van der Waals surface area contributed by atoms with Gasteiger partial charge in [-0.25, -0.2) is 4.79 Å². The number of amidine groups is 1. The van der Waals surface area contributed by atoms with Gasteiger partial charge in [-0.15, -0.1) is 11.8 Å². The molecule has 0 spiro atoms. The minimum atomic E-state index is -1.11. The molecule has 0 bridgehead atoms. The van der Waals surface area contributed by atoms with Crippen molar-refractivity contribution < 1.29 is 24.3 Å². The Balaban J connectivity index is 1.47. The van der Waals surface area contributed by atoms with Crippen LogP contribution in [0, 0.1) is 0 Å². The van der Waals surface area contributed by atoms with Crippen molar-refractivity contribution in [3.05, 3.63) is 67.0 Å². The van der Waals surface area contributed by atoms with Crippen LogP contribution in [0.25, 0.3) is 0 Å². The standard InChI is InChI=1S/C25H24Br3N5O5S/c1-25(2)19(24(37)38)33-22(36)18(23(33)39-25)32-21(35)17(11-6-4-3-5-7-11)31-15(34)10-30-20(29)12-8-13(26)16(28)14(27)9-12/h3-9,17-19,23H,10H2,1-2H3,(H2,29,30)(H,31,34)(H,32,35)(H,37,38)/t17?,18-,19+,23-/m1/s1. The second-order valence-electron chi connectivity index (χ2n) is 9.45. The molecule has 2 aliphatic rings. The van der Waals surface area contributed by atoms with Gasteiger partial charge in [-0.2, -0.15) is 0 Å². The largest absolute Gasteiger partial charge is 0.480 e. The van der Waals surface area contributed by atoms with Crippen LogP contribution >= 0.6 is 59.6 Å². The predicted octanol–water partition coefficient (Wildman–Crippen LogP) is 3.17. The maximum Gasteiger partial charge on any atom is 0.327 e. The molecule has 2 aromatic rings. The maximum absolute atomic E-state index is 13.4. The van der Waals surface area contributed by atoms with E-state index >= 15 is 0 Å². The monoisotopic (exact) mass is 743 g/mol. The van der Waals surface area contributed by atoms with Crippen LogP contribution in [-0.4, -0.2) is 68.3 Å². The average molecular weight is 746 g/mol. The fourth-order valence-electron chi connectivity index (χ4n) is 4.49. The lowest BCUT2D eigenvalue weighted by Gasteiger charge is -2.44. The summed E-state index contributed by atoms with van der Waals surface area (Å²) in [6.45, 7) is 3.18. The molecule has 1 unspecified atom stereocenters. The molecule has 0 aromatic heterocycles. The number of β-lactam (4-membered cyclic amide) rings is 1. The molecule has 0 radical (unpaired) electrons. The summed E-state index contributed by atoms with van der Waals surface area (Å²) >= 11 is 11.6. The van der Waals surface area contributed by atoms with Crippen LogP contribution in [0.1, 0.15) is 31.0 Å². The summed E-state index contributed by atoms with van der Waals surface area (Å²) in [4.78, 5) is 56.3. The molecule has 3 amide bonds. The van der Waals surface area contributed by atoms with E-state index in [0.29, 0.717) is 11.1 Å². The lowest BCUT2D eigenvalue weighted by Crippen LogP contribution is -2.71. The molecule has 0 aliphatic carbocycles. The first-order chi connectivity index (χ1) is 18.3. The van der Waals surface area contributed by atoms with Gasteiger partial charge in [0, 0.05) is 23.7 Å². The summed E-state index contributed by atoms with van der Waals surface area (Å²) in [5.74, 6) is -2.58. The van der Waals surface area contributed by atoms with Crippen molar-refractivity contribution in [3.63, 3.8) is 0 Å². The second kappa shape index (κ2) is 11.6. The molecule has 2 aliphatic heterocycles. The SMILES string of the molecule is CC1(C)S[C@@H]2[C@H](NC(=O)C(NC(=O)CN=C(N)c3cc(Br)c(Br)c(Br)c3)c3ccccc3)C(=O)N2[C@H]1C(=O)O. The molecule has 39 heavy (non-hydrogen) atoms. The third-order valence-corrected chi connectivity index (χ3v) is 11.1. The number of rotatable bonds is 8. The quantitative estimate of drug-likeness (QED) is 0.140. The zero-order chi connectivity index (χ0) is 28.6. The van der Waals surface area contributed by atoms with Crippen molar-refractivity contribution in [2.45, 2.75) is 42.1 Å². The van der Waals surface area contributed by atoms with Crippen LogP contribution in [0.15, 0.2) is 60.9 Å². The van der Waals surface area contributed by atoms with Gasteiger partial charge in [-0.1, -0.05) is 30.3 Å². The highest BCUT2D eigenvalue weighted by molar-refractivity contribution is 9.14. The van der Waals surface area contributed by atoms with Gasteiger partial charge in [0.25, 0.3) is 0 Å². The van der Waals surface area contributed by atoms with E-state index in [1.165, 1.54) is 16.7 Å². The van der Waals surface area contributed by atoms with E-state index in [4.69, 9.17) is 5.73 Å². The van der Waals surface area contributed by atoms with Gasteiger partial charge in [-0.3, -0.25) is 19.4 Å². The van der Waals surface area contributed by atoms with Gasteiger partial charge in [-0.05, 0) is 79.3 Å². The first-order valence-corrected chi connectivity index (χ1v) is 14.9. The van der Waals surface area contributed by atoms with E-state index in [9.17, 15) is 24.3 Å². The second-order valence-corrected chi connectivity index (χ2v) is 13.7. The Bertz CT molecular complexity index is 1350. The molecule has 14 heteroatoms. The third kappa shape index (κ3) is 6.03. The molecule has 4 atom stereocenters. The number of carbonyl (C=O) groups excluding carboxylic acids is 3. The first-order valence-electron chi connectivity index (χ1n) is 11.6. The van der Waals surface area contributed by atoms with Crippen LogP contribution in [0.2, 0.25) is 0 Å². The normalized spacial score (nSPS) is 22.5. The van der Waals surface area contributed by atoms with Crippen LogP contribution in [0.3, 0.4) is 0 Å². The van der Waals surface area contributed by atoms with E-state index in [-0.39, 0.29) is 12.4 Å². The summed E-state index contributed by atoms with van der Waals surface area (Å²) in [7, 11) is 0. The van der Waals surface area contributed by atoms with Crippen molar-refractivity contribution in [2.75, 3.05) is 6.54 Å². The summed E-state index contributed by atoms with van der Waals surface area (Å²) in [5, 5.41) is 14.5. The minimum Gasteiger partial charge on any atom is -0.480 e. The van der Waals surface area contributed by atoms with E-state index in [1.54, 1.807) is 56.3 Å². The Morgan fingerprint density at radius 1 is 1.15 bits per heavy atom. The van der Waals surface area contributed by atoms with Crippen LogP contribution in [0.5, 0.6) is 0 Å². The van der Waals surface area contributed by atoms with Crippen molar-refractivity contribution in [1.82, 2.24) is 15.5 Å². The highest BCUT2D eigenvalue weighted by Gasteiger charge is 2.64. The number of aliphatic imine (C=N–C) groups is 1. The van der Waals surface area contributed by atoms with Gasteiger partial charge >= 0.3 is 5.97 Å². The average Bonchev–Trinajstić information content (AvgIpc) is 3.15. The van der Waals surface area contributed by atoms with E-state index < -0.39 is 51.9 Å². The van der Waals surface area contributed by atoms with Gasteiger partial charge in [0.2, 0.25) is 17.7 Å². The number of nitrogens with two attached hydrogens (primary N) is 1. The first kappa shape index (κ1) is 29.6. The highest BCUT2D eigenvalue weighted by Crippen LogP contribution is 2.50. The number of carboxylic acid groups (broad SMARTS) is 1. The topological polar surface area (TPSA) is 154 Å². The molecule has 2 heterocycles. The minimum absolute atomic E-state index is 0.133. The zero-order valence-corrected chi connectivity index (χ0v) is 26.2. The number of hydrogen-bond acceptors (Lipinski definition) is 6. The van der Waals surface area contributed by atoms with Crippen LogP contribution in [0.4, 0.5) is 0 Å². The fourth-order valence-corrected chi connectivity index (χ4v) is 7.53. The lowest BCUT2D eigenvalue weighted by molar-refractivity contribution is -0.161. The van der Waals surface area contributed by atoms with E-state index in [0.717, 1.165) is 13.4 Å². The van der Waals surface area contributed by atoms with Crippen molar-refractivity contribution in [2.24, 2.45) is 10.7 Å². The Hall–Kier alpha value is -2.42. The Labute approximate surface area is 253 Å². The third-order valence-electron chi connectivity index (χ3n) is 6.35. The van der Waals surface area contributed by atoms with Crippen molar-refractivity contribution in [1.29, 1.82) is 0 Å². The van der Waals surface area contributed by atoms with Gasteiger partial charge in [0.05, 0.1) is 0 Å². The van der Waals surface area contributed by atoms with Crippen molar-refractivity contribution in [3.8, 4) is 0 Å². The summed E-state index contributed by atoms with van der Waals surface area (Å²) in [5.41, 5.74) is 7.19. The molecule has 2 aromatic carbocycles. The molecular formula is C25H24Br3N5O5S. The predicted molar refractivity (Wildman–Crippen MR) is 158 cm³/mol. The van der Waals surface area contributed by atoms with Gasteiger partial charge < -0.3 is 26.4 Å². The molecule has 5 N–H and O–H groups in total. The number of nitrogens with one attached hydrogen (secondary N) is 2. The summed E-state index contributed by atoms with van der Waals surface area (Å²) in [6.07, 6.45) is 0. The Kier molecular flexibility index (Phi) is 8.79. The molecule has 0 saturated carbocycles. The number of nitrogens with zero attached hydrogens (tertiary/aromatic N) is 2. The van der Waals surface area contributed by atoms with E-state index in [2.05, 4.69) is 63.4 Å². The Morgan fingerprint density at radius 2 is 1.77 bits per heavy atom. The molecule has 4 rings (SSSR count). The number of thioether (sulfide) groups is 1. The molecule has 2 fully saturated rings. The number of benzene rings is 2. The molecule has 10 nitrogen and oxygen atoms in total. The molecule has 206 valence electrons. The van der Waals surface area contributed by atoms with Crippen LogP contribution < -0.4 is 16.4 Å². The number of amides is 3. The summed E-state index contributed by atoms with van der Waals surface area (Å²) in [6, 6.07) is 9.09. The summed E-state index contributed by atoms with van der Waals surface area (Å²) < 4.78 is 1.58. The number of carbonyl (C=O) groups is 4. The smallest absolute Gasteiger partial charge is 0.327 e. The van der Waals surface area contributed by atoms with Crippen LogP contribution in [-0.2, 0) is 19.2 Å². The van der Waals surface area contributed by atoms with E-state index in [1.807, 2.05) is 0 Å². The number of aliphatic carboxylic acids is 1. The molecule has 2 saturated heterocycles. The highest BCUT2D eigenvalue weighted by atomic mass is 79.9. The number of halogens is 3. The Morgan fingerprint density at radius 3 is 2.36 bits per heavy atom. The van der Waals surface area contributed by atoms with Crippen molar-refractivity contribution >= 4 is 89.1 Å². The molecular weight excluding hydrogens is 722 g/mol. The maximum atomic E-state index is 13.4.